The number of benzene rings is 1. The lowest BCUT2D eigenvalue weighted by Crippen LogP contribution is -2.30. The van der Waals surface area contributed by atoms with Gasteiger partial charge >= 0.3 is 0 Å². The van der Waals surface area contributed by atoms with E-state index in [1.165, 1.54) is 0 Å². The van der Waals surface area contributed by atoms with Crippen LogP contribution in [0.25, 0.3) is 11.2 Å². The second-order valence-corrected chi connectivity index (χ2v) is 6.14. The summed E-state index contributed by atoms with van der Waals surface area (Å²) in [6, 6.07) is 9.63. The van der Waals surface area contributed by atoms with Crippen molar-refractivity contribution in [1.82, 2.24) is 25.0 Å². The van der Waals surface area contributed by atoms with Crippen molar-refractivity contribution in [2.75, 3.05) is 17.2 Å². The Balaban J connectivity index is 2.03. The van der Waals surface area contributed by atoms with Crippen LogP contribution in [0.2, 0.25) is 0 Å². The largest absolute Gasteiger partial charge is 0.394 e. The first-order chi connectivity index (χ1) is 12.1. The van der Waals surface area contributed by atoms with Crippen molar-refractivity contribution in [2.24, 2.45) is 5.92 Å². The summed E-state index contributed by atoms with van der Waals surface area (Å²) < 4.78 is 1.72. The summed E-state index contributed by atoms with van der Waals surface area (Å²) >= 11 is 0. The Morgan fingerprint density at radius 2 is 1.92 bits per heavy atom. The summed E-state index contributed by atoms with van der Waals surface area (Å²) in [6.07, 6.45) is 0. The Kier molecular flexibility index (Phi) is 5.08. The standard InChI is InChI=1S/C17H23N7O/c1-4-24-16-14(22-23-24)15(18-12-8-6-5-7-9-12)20-17(21-16)19-13(10-25)11(2)3/h5-9,11,13,25H,4,10H2,1-3H3,(H2,18,19,20,21)/t13-/m0/s1. The molecule has 0 bridgehead atoms. The average Bonchev–Trinajstić information content (AvgIpc) is 3.03. The zero-order chi connectivity index (χ0) is 17.8. The molecule has 3 N–H and O–H groups in total. The number of aryl methyl sites for hydroxylation is 1. The fourth-order valence-electron chi connectivity index (χ4n) is 2.47. The third kappa shape index (κ3) is 3.69. The molecule has 1 aromatic carbocycles. The van der Waals surface area contributed by atoms with E-state index in [1.807, 2.05) is 51.1 Å². The van der Waals surface area contributed by atoms with E-state index >= 15 is 0 Å². The van der Waals surface area contributed by atoms with Crippen LogP contribution in [0, 0.1) is 5.92 Å². The molecule has 0 spiro atoms. The number of hydrogen-bond donors (Lipinski definition) is 3. The molecule has 0 saturated heterocycles. The quantitative estimate of drug-likeness (QED) is 0.606. The van der Waals surface area contributed by atoms with E-state index in [2.05, 4.69) is 30.9 Å². The maximum atomic E-state index is 9.57. The van der Waals surface area contributed by atoms with Gasteiger partial charge in [-0.2, -0.15) is 9.97 Å². The average molecular weight is 341 g/mol. The third-order valence-electron chi connectivity index (χ3n) is 4.01. The topological polar surface area (TPSA) is 101 Å². The van der Waals surface area contributed by atoms with Gasteiger partial charge in [0.15, 0.2) is 17.0 Å². The van der Waals surface area contributed by atoms with Gasteiger partial charge in [-0.15, -0.1) is 5.10 Å². The molecule has 0 fully saturated rings. The summed E-state index contributed by atoms with van der Waals surface area (Å²) in [4.78, 5) is 9.10. The molecule has 0 radical (unpaired) electrons. The Morgan fingerprint density at radius 1 is 1.16 bits per heavy atom. The highest BCUT2D eigenvalue weighted by molar-refractivity contribution is 5.85. The van der Waals surface area contributed by atoms with Gasteiger partial charge in [-0.05, 0) is 25.0 Å². The summed E-state index contributed by atoms with van der Waals surface area (Å²) in [6.45, 7) is 6.72. The number of nitrogens with zero attached hydrogens (tertiary/aromatic N) is 5. The molecule has 3 aromatic rings. The first-order valence-corrected chi connectivity index (χ1v) is 8.43. The van der Waals surface area contributed by atoms with Crippen LogP contribution < -0.4 is 10.6 Å². The van der Waals surface area contributed by atoms with E-state index in [-0.39, 0.29) is 18.6 Å². The van der Waals surface area contributed by atoms with Crippen LogP contribution in [-0.4, -0.2) is 42.7 Å². The molecule has 0 amide bonds. The van der Waals surface area contributed by atoms with E-state index in [0.717, 1.165) is 5.69 Å². The Labute approximate surface area is 146 Å². The number of aliphatic hydroxyl groups is 1. The van der Waals surface area contributed by atoms with Crippen LogP contribution in [0.15, 0.2) is 30.3 Å². The summed E-state index contributed by atoms with van der Waals surface area (Å²) in [5.41, 5.74) is 2.17. The Morgan fingerprint density at radius 3 is 2.56 bits per heavy atom. The van der Waals surface area contributed by atoms with Crippen LogP contribution in [0.3, 0.4) is 0 Å². The summed E-state index contributed by atoms with van der Waals surface area (Å²) in [5, 5.41) is 24.4. The zero-order valence-electron chi connectivity index (χ0n) is 14.6. The minimum Gasteiger partial charge on any atom is -0.394 e. The lowest BCUT2D eigenvalue weighted by Gasteiger charge is -2.20. The van der Waals surface area contributed by atoms with E-state index in [9.17, 15) is 5.11 Å². The lowest BCUT2D eigenvalue weighted by atomic mass is 10.1. The molecular formula is C17H23N7O. The molecule has 1 atom stereocenters. The number of anilines is 3. The monoisotopic (exact) mass is 341 g/mol. The van der Waals surface area contributed by atoms with Gasteiger partial charge in [0.05, 0.1) is 12.6 Å². The van der Waals surface area contributed by atoms with Gasteiger partial charge < -0.3 is 15.7 Å². The van der Waals surface area contributed by atoms with Gasteiger partial charge in [-0.25, -0.2) is 4.68 Å². The van der Waals surface area contributed by atoms with E-state index in [1.54, 1.807) is 4.68 Å². The molecule has 8 heteroatoms. The van der Waals surface area contributed by atoms with Gasteiger partial charge in [0.25, 0.3) is 0 Å². The molecule has 2 heterocycles. The molecule has 3 rings (SSSR count). The number of fused-ring (bicyclic) bond motifs is 1. The SMILES string of the molecule is CCn1nnc2c(Nc3ccccc3)nc(N[C@@H](CO)C(C)C)nc21. The number of aromatic nitrogens is 5. The van der Waals surface area contributed by atoms with Crippen LogP contribution in [0.1, 0.15) is 20.8 Å². The smallest absolute Gasteiger partial charge is 0.227 e. The fourth-order valence-corrected chi connectivity index (χ4v) is 2.47. The van der Waals surface area contributed by atoms with Crippen molar-refractivity contribution in [1.29, 1.82) is 0 Å². The first-order valence-electron chi connectivity index (χ1n) is 8.43. The van der Waals surface area contributed by atoms with E-state index in [4.69, 9.17) is 0 Å². The molecule has 132 valence electrons. The Bertz CT molecular complexity index is 832. The normalized spacial score (nSPS) is 12.5. The molecule has 0 aliphatic rings. The molecule has 8 nitrogen and oxygen atoms in total. The number of nitrogens with one attached hydrogen (secondary N) is 2. The molecule has 0 saturated carbocycles. The summed E-state index contributed by atoms with van der Waals surface area (Å²) in [5.74, 6) is 1.26. The van der Waals surface area contributed by atoms with E-state index < -0.39 is 0 Å². The van der Waals surface area contributed by atoms with Gasteiger partial charge in [-0.3, -0.25) is 0 Å². The predicted molar refractivity (Wildman–Crippen MR) is 97.9 cm³/mol. The van der Waals surface area contributed by atoms with Gasteiger partial charge in [-0.1, -0.05) is 37.3 Å². The molecule has 25 heavy (non-hydrogen) atoms. The fraction of sp³-hybridized carbons (Fsp3) is 0.412. The van der Waals surface area contributed by atoms with Crippen LogP contribution in [-0.2, 0) is 6.54 Å². The van der Waals surface area contributed by atoms with Crippen LogP contribution >= 0.6 is 0 Å². The van der Waals surface area contributed by atoms with Gasteiger partial charge in [0.2, 0.25) is 5.95 Å². The minimum atomic E-state index is -0.131. The molecule has 0 unspecified atom stereocenters. The highest BCUT2D eigenvalue weighted by atomic mass is 16.3. The third-order valence-corrected chi connectivity index (χ3v) is 4.01. The van der Waals surface area contributed by atoms with Crippen molar-refractivity contribution in [3.63, 3.8) is 0 Å². The zero-order valence-corrected chi connectivity index (χ0v) is 14.6. The van der Waals surface area contributed by atoms with Crippen molar-refractivity contribution in [3.8, 4) is 0 Å². The first kappa shape index (κ1) is 17.1. The van der Waals surface area contributed by atoms with Crippen LogP contribution in [0.5, 0.6) is 0 Å². The molecule has 0 aliphatic heterocycles. The number of rotatable bonds is 7. The lowest BCUT2D eigenvalue weighted by molar-refractivity contribution is 0.248. The molecule has 0 aliphatic carbocycles. The molecule has 2 aromatic heterocycles. The van der Waals surface area contributed by atoms with Crippen LogP contribution in [0.4, 0.5) is 17.5 Å². The second kappa shape index (κ2) is 7.43. The number of hydrogen-bond acceptors (Lipinski definition) is 7. The minimum absolute atomic E-state index is 0.00575. The second-order valence-electron chi connectivity index (χ2n) is 6.14. The summed E-state index contributed by atoms with van der Waals surface area (Å²) in [7, 11) is 0. The maximum absolute atomic E-state index is 9.57. The van der Waals surface area contributed by atoms with Crippen molar-refractivity contribution in [2.45, 2.75) is 33.4 Å². The highest BCUT2D eigenvalue weighted by Gasteiger charge is 2.18. The van der Waals surface area contributed by atoms with Gasteiger partial charge in [0, 0.05) is 12.2 Å². The van der Waals surface area contributed by atoms with E-state index in [0.29, 0.717) is 29.5 Å². The van der Waals surface area contributed by atoms with Crippen molar-refractivity contribution < 1.29 is 5.11 Å². The van der Waals surface area contributed by atoms with Crippen molar-refractivity contribution in [3.05, 3.63) is 30.3 Å². The van der Waals surface area contributed by atoms with Gasteiger partial charge in [0.1, 0.15) is 0 Å². The number of para-hydroxylation sites is 1. The molecular weight excluding hydrogens is 318 g/mol. The van der Waals surface area contributed by atoms with Crippen molar-refractivity contribution >= 4 is 28.6 Å². The number of aliphatic hydroxyl groups excluding tert-OH is 1. The Hall–Kier alpha value is -2.74. The maximum Gasteiger partial charge on any atom is 0.227 e. The highest BCUT2D eigenvalue weighted by Crippen LogP contribution is 2.24. The predicted octanol–water partition coefficient (Wildman–Crippen LogP) is 2.41.